The number of rotatable bonds is 5. The zero-order chi connectivity index (χ0) is 16.5. The van der Waals surface area contributed by atoms with Crippen molar-refractivity contribution in [3.63, 3.8) is 0 Å². The van der Waals surface area contributed by atoms with E-state index < -0.39 is 35.1 Å². The van der Waals surface area contributed by atoms with Crippen LogP contribution in [-0.2, 0) is 9.47 Å². The molecule has 4 atom stereocenters. The van der Waals surface area contributed by atoms with Crippen LogP contribution in [0.5, 0.6) is 0 Å². The molecule has 1 aromatic heterocycles. The highest BCUT2D eigenvalue weighted by atomic mass is 16.5. The molecule has 1 aromatic rings. The van der Waals surface area contributed by atoms with Gasteiger partial charge in [-0.05, 0) is 6.92 Å². The number of aromatic nitrogens is 2. The first kappa shape index (κ1) is 16.9. The fourth-order valence-electron chi connectivity index (χ4n) is 2.83. The van der Waals surface area contributed by atoms with E-state index in [1.807, 2.05) is 0 Å². The molecule has 0 aliphatic carbocycles. The predicted molar refractivity (Wildman–Crippen MR) is 77.7 cm³/mol. The lowest BCUT2D eigenvalue weighted by atomic mass is 9.83. The standard InChI is InChI=1S/C14H22N2O6/c1-8-6-16(13(19)15-11(8)18)12-14(20,4-5-21-3)9(2)10(7-17)22-12/h6,9-10,12,17,20H,4-5,7H2,1-3H3,(H,15,18,19)/t9-,10-,12-,14-/m1/s1. The summed E-state index contributed by atoms with van der Waals surface area (Å²) in [6.07, 6.45) is -0.0177. The highest BCUT2D eigenvalue weighted by molar-refractivity contribution is 5.06. The largest absolute Gasteiger partial charge is 0.394 e. The fourth-order valence-corrected chi connectivity index (χ4v) is 2.83. The van der Waals surface area contributed by atoms with Gasteiger partial charge in [-0.2, -0.15) is 0 Å². The summed E-state index contributed by atoms with van der Waals surface area (Å²) in [5, 5.41) is 20.4. The smallest absolute Gasteiger partial charge is 0.330 e. The van der Waals surface area contributed by atoms with E-state index in [9.17, 15) is 19.8 Å². The zero-order valence-corrected chi connectivity index (χ0v) is 12.9. The van der Waals surface area contributed by atoms with Crippen LogP contribution in [-0.4, -0.2) is 51.8 Å². The average Bonchev–Trinajstić information content (AvgIpc) is 2.73. The van der Waals surface area contributed by atoms with Gasteiger partial charge in [-0.25, -0.2) is 4.79 Å². The number of methoxy groups -OCH3 is 1. The molecule has 2 heterocycles. The molecule has 0 bridgehead atoms. The molecule has 0 amide bonds. The van der Waals surface area contributed by atoms with Gasteiger partial charge in [-0.15, -0.1) is 0 Å². The molecule has 1 aliphatic heterocycles. The number of hydrogen-bond donors (Lipinski definition) is 3. The van der Waals surface area contributed by atoms with Crippen LogP contribution in [0.3, 0.4) is 0 Å². The Kier molecular flexibility index (Phi) is 4.86. The molecule has 0 spiro atoms. The number of ether oxygens (including phenoxy) is 2. The Balaban J connectivity index is 2.49. The predicted octanol–water partition coefficient (Wildman–Crippen LogP) is -0.862. The summed E-state index contributed by atoms with van der Waals surface area (Å²) in [5.74, 6) is -0.406. The number of H-pyrrole nitrogens is 1. The van der Waals surface area contributed by atoms with E-state index >= 15 is 0 Å². The molecule has 2 rings (SSSR count). The Morgan fingerprint density at radius 2 is 2.18 bits per heavy atom. The normalized spacial score (nSPS) is 31.6. The van der Waals surface area contributed by atoms with Crippen LogP contribution in [0.15, 0.2) is 15.8 Å². The highest BCUT2D eigenvalue weighted by Gasteiger charge is 2.54. The molecule has 8 heteroatoms. The number of nitrogens with one attached hydrogen (secondary N) is 1. The van der Waals surface area contributed by atoms with Crippen molar-refractivity contribution in [2.24, 2.45) is 5.92 Å². The number of aryl methyl sites for hydroxylation is 1. The first-order valence-electron chi connectivity index (χ1n) is 7.14. The number of hydrogen-bond acceptors (Lipinski definition) is 6. The van der Waals surface area contributed by atoms with Crippen LogP contribution in [0.4, 0.5) is 0 Å². The maximum atomic E-state index is 12.1. The molecule has 1 saturated heterocycles. The van der Waals surface area contributed by atoms with Gasteiger partial charge in [-0.3, -0.25) is 14.3 Å². The van der Waals surface area contributed by atoms with Gasteiger partial charge in [0.05, 0.1) is 12.7 Å². The maximum Gasteiger partial charge on any atom is 0.330 e. The Bertz CT molecular complexity index is 639. The monoisotopic (exact) mass is 314 g/mol. The second kappa shape index (κ2) is 6.33. The molecule has 1 aliphatic rings. The van der Waals surface area contributed by atoms with Gasteiger partial charge >= 0.3 is 5.69 Å². The van der Waals surface area contributed by atoms with E-state index in [-0.39, 0.29) is 19.6 Å². The molecular formula is C14H22N2O6. The second-order valence-electron chi connectivity index (χ2n) is 5.71. The summed E-state index contributed by atoms with van der Waals surface area (Å²) in [5.41, 5.74) is -2.20. The number of nitrogens with zero attached hydrogens (tertiary/aromatic N) is 1. The van der Waals surface area contributed by atoms with Crippen molar-refractivity contribution in [2.45, 2.75) is 38.2 Å². The molecule has 8 nitrogen and oxygen atoms in total. The second-order valence-corrected chi connectivity index (χ2v) is 5.71. The zero-order valence-electron chi connectivity index (χ0n) is 12.9. The van der Waals surface area contributed by atoms with Crippen LogP contribution in [0, 0.1) is 12.8 Å². The first-order valence-corrected chi connectivity index (χ1v) is 7.14. The fraction of sp³-hybridized carbons (Fsp3) is 0.714. The van der Waals surface area contributed by atoms with Crippen molar-refractivity contribution in [1.29, 1.82) is 0 Å². The minimum absolute atomic E-state index is 0.233. The quantitative estimate of drug-likeness (QED) is 0.651. The summed E-state index contributed by atoms with van der Waals surface area (Å²) in [7, 11) is 1.51. The minimum atomic E-state index is -1.39. The van der Waals surface area contributed by atoms with Gasteiger partial charge in [0.15, 0.2) is 6.23 Å². The van der Waals surface area contributed by atoms with Crippen molar-refractivity contribution in [3.8, 4) is 0 Å². The molecule has 3 N–H and O–H groups in total. The third-order valence-electron chi connectivity index (χ3n) is 4.36. The van der Waals surface area contributed by atoms with Crippen LogP contribution in [0.1, 0.15) is 25.1 Å². The van der Waals surface area contributed by atoms with Crippen LogP contribution in [0.25, 0.3) is 0 Å². The molecule has 0 aromatic carbocycles. The number of aliphatic hydroxyl groups excluding tert-OH is 1. The van der Waals surface area contributed by atoms with E-state index in [4.69, 9.17) is 9.47 Å². The lowest BCUT2D eigenvalue weighted by Gasteiger charge is -2.32. The SMILES string of the molecule is COCC[C@@]1(O)[C@H](C)[C@@H](CO)O[C@H]1n1cc(C)c(=O)[nH]c1=O. The molecule has 1 fully saturated rings. The van der Waals surface area contributed by atoms with Crippen LogP contribution in [0.2, 0.25) is 0 Å². The van der Waals surface area contributed by atoms with E-state index in [2.05, 4.69) is 4.98 Å². The van der Waals surface area contributed by atoms with Gasteiger partial charge in [0.1, 0.15) is 5.60 Å². The summed E-state index contributed by atoms with van der Waals surface area (Å²) in [6, 6.07) is 0. The lowest BCUT2D eigenvalue weighted by Crippen LogP contribution is -2.46. The van der Waals surface area contributed by atoms with Crippen LogP contribution < -0.4 is 11.2 Å². The molecule has 0 radical (unpaired) electrons. The summed E-state index contributed by atoms with van der Waals surface area (Å²) < 4.78 is 11.9. The van der Waals surface area contributed by atoms with Gasteiger partial charge < -0.3 is 19.7 Å². The average molecular weight is 314 g/mol. The summed E-state index contributed by atoms with van der Waals surface area (Å²) >= 11 is 0. The summed E-state index contributed by atoms with van der Waals surface area (Å²) in [4.78, 5) is 25.8. The lowest BCUT2D eigenvalue weighted by molar-refractivity contribution is -0.111. The van der Waals surface area contributed by atoms with Crippen molar-refractivity contribution in [3.05, 3.63) is 32.6 Å². The summed E-state index contributed by atoms with van der Waals surface area (Å²) in [6.45, 7) is 3.31. The third kappa shape index (κ3) is 2.74. The minimum Gasteiger partial charge on any atom is -0.394 e. The van der Waals surface area contributed by atoms with Crippen molar-refractivity contribution in [1.82, 2.24) is 9.55 Å². The third-order valence-corrected chi connectivity index (χ3v) is 4.36. The molecular weight excluding hydrogens is 292 g/mol. The number of aromatic amines is 1. The maximum absolute atomic E-state index is 12.1. The van der Waals surface area contributed by atoms with Crippen molar-refractivity contribution in [2.75, 3.05) is 20.3 Å². The molecule has 22 heavy (non-hydrogen) atoms. The Labute approximate surface area is 127 Å². The van der Waals surface area contributed by atoms with Gasteiger partial charge in [0.25, 0.3) is 5.56 Å². The van der Waals surface area contributed by atoms with Gasteiger partial charge in [0, 0.05) is 37.8 Å². The van der Waals surface area contributed by atoms with Crippen molar-refractivity contribution >= 4 is 0 Å². The highest BCUT2D eigenvalue weighted by Crippen LogP contribution is 2.44. The van der Waals surface area contributed by atoms with Crippen LogP contribution >= 0.6 is 0 Å². The van der Waals surface area contributed by atoms with E-state index in [1.54, 1.807) is 13.8 Å². The Morgan fingerprint density at radius 3 is 2.77 bits per heavy atom. The number of aliphatic hydroxyl groups is 2. The Morgan fingerprint density at radius 1 is 1.50 bits per heavy atom. The Hall–Kier alpha value is -1.48. The van der Waals surface area contributed by atoms with Crippen molar-refractivity contribution < 1.29 is 19.7 Å². The first-order chi connectivity index (χ1) is 10.3. The van der Waals surface area contributed by atoms with Gasteiger partial charge in [0.2, 0.25) is 0 Å². The molecule has 0 saturated carbocycles. The molecule has 0 unspecified atom stereocenters. The molecule has 124 valence electrons. The topological polar surface area (TPSA) is 114 Å². The van der Waals surface area contributed by atoms with Gasteiger partial charge in [-0.1, -0.05) is 6.92 Å². The van der Waals surface area contributed by atoms with E-state index in [0.29, 0.717) is 5.56 Å². The van der Waals surface area contributed by atoms with E-state index in [1.165, 1.54) is 17.9 Å². The van der Waals surface area contributed by atoms with E-state index in [0.717, 1.165) is 0 Å².